The normalized spacial score (nSPS) is 21.4. The van der Waals surface area contributed by atoms with Crippen molar-refractivity contribution >= 4 is 57.0 Å². The molecule has 0 bridgehead atoms. The lowest BCUT2D eigenvalue weighted by Gasteiger charge is -2.06. The number of allylic oxidation sites excluding steroid dienone is 40. The Morgan fingerprint density at radius 1 is 0.262 bits per heavy atom. The van der Waals surface area contributed by atoms with Gasteiger partial charge in [-0.05, 0) is 218 Å². The van der Waals surface area contributed by atoms with Crippen LogP contribution in [0.5, 0.6) is 0 Å². The molecule has 4 saturated heterocycles. The van der Waals surface area contributed by atoms with E-state index in [1.807, 2.05) is 6.08 Å². The van der Waals surface area contributed by atoms with Gasteiger partial charge < -0.3 is 14.7 Å². The Morgan fingerprint density at radius 2 is 0.484 bits per heavy atom. The van der Waals surface area contributed by atoms with Crippen LogP contribution in [-0.2, 0) is 78.8 Å². The lowest BCUT2D eigenvalue weighted by Crippen LogP contribution is -2.12. The summed E-state index contributed by atoms with van der Waals surface area (Å²) in [6.45, 7) is 8.94. The number of ketones is 4. The molecule has 4 aliphatic rings. The fourth-order valence-corrected chi connectivity index (χ4v) is 15.8. The van der Waals surface area contributed by atoms with Crippen LogP contribution in [0.4, 0.5) is 0 Å². The second-order valence-corrected chi connectivity index (χ2v) is 36.2. The zero-order valence-electron chi connectivity index (χ0n) is 76.8. The van der Waals surface area contributed by atoms with Gasteiger partial charge in [0.25, 0.3) is 0 Å². The van der Waals surface area contributed by atoms with Crippen molar-refractivity contribution in [2.24, 2.45) is 0 Å². The summed E-state index contributed by atoms with van der Waals surface area (Å²) in [6, 6.07) is 0. The molecule has 126 heavy (non-hydrogen) atoms. The first kappa shape index (κ1) is 118. The predicted octanol–water partition coefficient (Wildman–Crippen LogP) is 28.6. The third-order valence-corrected chi connectivity index (χ3v) is 23.2. The SMILES string of the molecule is CC/C=C\C/C=C\C/C=C\C/C=C\C/C=C\CCCC(=O)CCC1COP(=O)(O)O1.CC/C=C\C/C=C\C/C=C\C/C=C\C/C=C\CCCCCC(=O)CCC1COP(=O)(O)O1.CC/C=C\C/C=C\C/C=C\C/C=C\C/C=C\CCCCCC(=O)CCC1COS(=O)(=O)O1.CCCCC/C=C\C/C=C\C/C=C\C/C=C\C/C=C\CCC(=O)CCC1COP(=O)(O)O1. The van der Waals surface area contributed by atoms with E-state index in [1.165, 1.54) is 25.7 Å². The fourth-order valence-electron chi connectivity index (χ4n) is 12.1. The summed E-state index contributed by atoms with van der Waals surface area (Å²) in [6.07, 6.45) is 125. The number of hydrogen-bond acceptors (Lipinski definition) is 17. The van der Waals surface area contributed by atoms with Gasteiger partial charge in [0, 0.05) is 51.4 Å². The number of carbonyl (C=O) groups is 4. The molecule has 4 aliphatic heterocycles. The van der Waals surface area contributed by atoms with Crippen LogP contribution in [0.25, 0.3) is 0 Å². The molecular formula is C102H159O20P3S. The maximum Gasteiger partial charge on any atom is 0.472 e. The number of rotatable bonds is 70. The van der Waals surface area contributed by atoms with Gasteiger partial charge in [0.1, 0.15) is 29.2 Å². The predicted molar refractivity (Wildman–Crippen MR) is 520 cm³/mol. The Kier molecular flexibility index (Phi) is 78.7. The van der Waals surface area contributed by atoms with Crippen LogP contribution in [0.2, 0.25) is 0 Å². The molecule has 0 aromatic heterocycles. The second kappa shape index (κ2) is 84.2. The van der Waals surface area contributed by atoms with Crippen molar-refractivity contribution in [2.75, 3.05) is 26.4 Å². The molecule has 0 aromatic rings. The van der Waals surface area contributed by atoms with Gasteiger partial charge in [-0.1, -0.05) is 296 Å². The van der Waals surface area contributed by atoms with Gasteiger partial charge in [-0.15, -0.1) is 0 Å². The highest BCUT2D eigenvalue weighted by Gasteiger charge is 2.37. The van der Waals surface area contributed by atoms with Gasteiger partial charge in [-0.2, -0.15) is 8.42 Å². The van der Waals surface area contributed by atoms with Crippen molar-refractivity contribution in [2.45, 2.75) is 347 Å². The fraction of sp³-hybridized carbons (Fsp3) is 0.569. The molecule has 0 radical (unpaired) electrons. The van der Waals surface area contributed by atoms with Crippen LogP contribution in [0.3, 0.4) is 0 Å². The smallest absolute Gasteiger partial charge is 0.302 e. The molecule has 0 aliphatic carbocycles. The van der Waals surface area contributed by atoms with Crippen LogP contribution >= 0.6 is 23.5 Å². The summed E-state index contributed by atoms with van der Waals surface area (Å²) in [4.78, 5) is 74.8. The molecule has 7 unspecified atom stereocenters. The molecule has 20 nitrogen and oxygen atoms in total. The van der Waals surface area contributed by atoms with E-state index in [1.54, 1.807) is 0 Å². The monoisotopic (exact) mass is 1830 g/mol. The zero-order chi connectivity index (χ0) is 91.9. The molecule has 0 aromatic carbocycles. The quantitative estimate of drug-likeness (QED) is 0.0290. The van der Waals surface area contributed by atoms with Crippen LogP contribution in [0.15, 0.2) is 243 Å². The van der Waals surface area contributed by atoms with E-state index < -0.39 is 58.3 Å². The number of phosphoric ester groups is 3. The maximum absolute atomic E-state index is 11.9. The Hall–Kier alpha value is -6.32. The highest BCUT2D eigenvalue weighted by Crippen LogP contribution is 2.52. The van der Waals surface area contributed by atoms with Crippen molar-refractivity contribution in [3.63, 3.8) is 0 Å². The van der Waals surface area contributed by atoms with Crippen LogP contribution in [0.1, 0.15) is 323 Å². The minimum atomic E-state index is -3.86. The van der Waals surface area contributed by atoms with E-state index in [0.29, 0.717) is 83.5 Å². The standard InChI is InChI=1S/2C26H41O5P.C26H40O5S.C24H37O5P/c3*1-2-3-4-5-6-7-8-9-10-11-12-13-14-15-16-17-18-19-20-21-25(27)22-23-26-24-30-32(28,29)31-26;1-2-3-4-5-6-7-8-9-10-11-12-13-14-15-16-17-18-19-23(25)20-21-24-22-28-30(26,27)29-24/h6-7,9-10,12-13,15-16,18-19,26H,2-5,8,11,14,17,20-24H2,1H3,(H,28,29);3-4,6-7,9-10,12-13,15-16,26H,2,5,8,11,14,17-24H2,1H3,(H,28,29);3-4,6-7,9-10,12-13,15-16,26H,2,5,8,11,14,17-24H2,1H3;3-4,6-7,9-10,12-13,15-16,24H,2,5,8,11,14,17-22H2,1H3,(H,26,27)/b7-6-,10-9-,13-12-,16-15-,19-18-;3*4-3-,7-6-,10-9-,13-12-,16-15-. The molecule has 0 spiro atoms. The highest BCUT2D eigenvalue weighted by atomic mass is 32.3. The summed E-state index contributed by atoms with van der Waals surface area (Å²) < 4.78 is 93.1. The number of hydrogen-bond donors (Lipinski definition) is 3. The summed E-state index contributed by atoms with van der Waals surface area (Å²) in [5.41, 5.74) is 0. The van der Waals surface area contributed by atoms with Crippen molar-refractivity contribution in [3.8, 4) is 0 Å². The summed E-state index contributed by atoms with van der Waals surface area (Å²) >= 11 is 0. The van der Waals surface area contributed by atoms with E-state index >= 15 is 0 Å². The number of phosphoric acid groups is 3. The van der Waals surface area contributed by atoms with Crippen LogP contribution in [-0.4, -0.2) is 97.1 Å². The van der Waals surface area contributed by atoms with E-state index in [2.05, 4.69) is 282 Å². The first-order valence-electron chi connectivity index (χ1n) is 46.7. The van der Waals surface area contributed by atoms with Crippen molar-refractivity contribution in [1.29, 1.82) is 0 Å². The molecule has 4 rings (SSSR count). The van der Waals surface area contributed by atoms with E-state index in [9.17, 15) is 41.3 Å². The third kappa shape index (κ3) is 82.1. The number of Topliss-reactive ketones (excluding diaryl/α,β-unsaturated/α-hetero) is 4. The van der Waals surface area contributed by atoms with Gasteiger partial charge in [-0.25, -0.2) is 22.1 Å². The lowest BCUT2D eigenvalue weighted by atomic mass is 10.0. The Balaban J connectivity index is 0.000000840. The largest absolute Gasteiger partial charge is 0.472 e. The van der Waals surface area contributed by atoms with Gasteiger partial charge in [0.2, 0.25) is 0 Å². The Bertz CT molecular complexity index is 3740. The topological polar surface area (TPSA) is 288 Å². The molecule has 4 fully saturated rings. The molecule has 4 heterocycles. The highest BCUT2D eigenvalue weighted by molar-refractivity contribution is 7.82. The Morgan fingerprint density at radius 3 is 0.722 bits per heavy atom. The average Bonchev–Trinajstić information content (AvgIpc) is 1.76. The number of carbonyl (C=O) groups excluding carboxylic acids is 4. The molecule has 3 N–H and O–H groups in total. The van der Waals surface area contributed by atoms with Crippen molar-refractivity contribution in [3.05, 3.63) is 243 Å². The third-order valence-electron chi connectivity index (χ3n) is 19.2. The zero-order valence-corrected chi connectivity index (χ0v) is 80.3. The maximum atomic E-state index is 11.9. The summed E-state index contributed by atoms with van der Waals surface area (Å²) in [7, 11) is -15.4. The van der Waals surface area contributed by atoms with Gasteiger partial charge in [-0.3, -0.25) is 46.3 Å². The van der Waals surface area contributed by atoms with E-state index in [-0.39, 0.29) is 49.6 Å². The van der Waals surface area contributed by atoms with Crippen LogP contribution < -0.4 is 0 Å². The molecule has 0 amide bonds. The minimum absolute atomic E-state index is 0.0167. The van der Waals surface area contributed by atoms with Crippen LogP contribution in [0, 0.1) is 0 Å². The number of unbranched alkanes of at least 4 members (excludes halogenated alkanes) is 10. The lowest BCUT2D eigenvalue weighted by molar-refractivity contribution is -0.120. The first-order valence-corrected chi connectivity index (χ1v) is 52.6. The summed E-state index contributed by atoms with van der Waals surface area (Å²) in [5.74, 6) is 0.636. The van der Waals surface area contributed by atoms with Gasteiger partial charge in [0.05, 0.1) is 44.7 Å². The van der Waals surface area contributed by atoms with Crippen molar-refractivity contribution in [1.82, 2.24) is 0 Å². The molecule has 708 valence electrons. The molecule has 7 atom stereocenters. The van der Waals surface area contributed by atoms with E-state index in [0.717, 1.165) is 186 Å². The average molecular weight is 1830 g/mol. The van der Waals surface area contributed by atoms with Gasteiger partial charge in [0.15, 0.2) is 0 Å². The Labute approximate surface area is 760 Å². The molecular weight excluding hydrogens is 1670 g/mol. The molecule has 24 heteroatoms. The second-order valence-electron chi connectivity index (χ2n) is 30.7. The minimum Gasteiger partial charge on any atom is -0.302 e. The summed E-state index contributed by atoms with van der Waals surface area (Å²) in [5, 5.41) is 0. The van der Waals surface area contributed by atoms with E-state index in [4.69, 9.17) is 32.4 Å². The molecule has 0 saturated carbocycles. The van der Waals surface area contributed by atoms with Gasteiger partial charge >= 0.3 is 33.9 Å². The van der Waals surface area contributed by atoms with Crippen molar-refractivity contribution < 1.29 is 91.5 Å². The first-order chi connectivity index (χ1) is 61.1.